The topological polar surface area (TPSA) is 75.1 Å². The van der Waals surface area contributed by atoms with Crippen LogP contribution in [0.2, 0.25) is 0 Å². The Morgan fingerprint density at radius 1 is 1.11 bits per heavy atom. The van der Waals surface area contributed by atoms with Crippen LogP contribution in [0.1, 0.15) is 12.5 Å². The molecule has 0 spiro atoms. The Morgan fingerprint density at radius 3 is 2.57 bits per heavy atom. The summed E-state index contributed by atoms with van der Waals surface area (Å²) in [5, 5.41) is 16.7. The van der Waals surface area contributed by atoms with Crippen molar-refractivity contribution in [3.63, 3.8) is 0 Å². The van der Waals surface area contributed by atoms with E-state index in [1.54, 1.807) is 0 Å². The Hall–Kier alpha value is -2.00. The second-order valence-electron chi connectivity index (χ2n) is 6.44. The van der Waals surface area contributed by atoms with Gasteiger partial charge in [-0.2, -0.15) is 0 Å². The normalized spacial score (nSPS) is 16.6. The molecule has 152 valence electrons. The van der Waals surface area contributed by atoms with Crippen molar-refractivity contribution in [3.8, 4) is 11.5 Å². The van der Waals surface area contributed by atoms with Crippen molar-refractivity contribution in [2.24, 2.45) is 4.99 Å². The van der Waals surface area contributed by atoms with Gasteiger partial charge in [-0.25, -0.2) is 0 Å². The molecule has 0 radical (unpaired) electrons. The summed E-state index contributed by atoms with van der Waals surface area (Å²) < 4.78 is 11.7. The van der Waals surface area contributed by atoms with E-state index in [-0.39, 0.29) is 30.1 Å². The predicted octanol–water partition coefficient (Wildman–Crippen LogP) is 2.60. The lowest BCUT2D eigenvalue weighted by Crippen LogP contribution is -2.45. The molecule has 0 aliphatic carbocycles. The first kappa shape index (κ1) is 22.3. The van der Waals surface area contributed by atoms with Gasteiger partial charge in [0, 0.05) is 13.0 Å². The SMILES string of the molecule is CCNC(=NCC(O)Cc1ccccc1)NCC1COc2ccccc2O1.I. The van der Waals surface area contributed by atoms with Crippen molar-refractivity contribution in [1.29, 1.82) is 0 Å². The minimum absolute atomic E-state index is 0. The molecule has 1 heterocycles. The Balaban J connectivity index is 0.00000280. The fourth-order valence-corrected chi connectivity index (χ4v) is 2.86. The summed E-state index contributed by atoms with van der Waals surface area (Å²) in [5.74, 6) is 2.20. The van der Waals surface area contributed by atoms with E-state index in [0.29, 0.717) is 32.1 Å². The van der Waals surface area contributed by atoms with E-state index in [9.17, 15) is 5.11 Å². The van der Waals surface area contributed by atoms with Crippen LogP contribution in [-0.2, 0) is 6.42 Å². The predicted molar refractivity (Wildman–Crippen MR) is 122 cm³/mol. The van der Waals surface area contributed by atoms with Gasteiger partial charge in [-0.15, -0.1) is 24.0 Å². The summed E-state index contributed by atoms with van der Waals surface area (Å²) in [7, 11) is 0. The van der Waals surface area contributed by atoms with Gasteiger partial charge in [0.15, 0.2) is 17.5 Å². The average molecular weight is 497 g/mol. The molecule has 0 fully saturated rings. The molecule has 2 unspecified atom stereocenters. The highest BCUT2D eigenvalue weighted by molar-refractivity contribution is 14.0. The number of guanidine groups is 1. The molecule has 2 aromatic carbocycles. The summed E-state index contributed by atoms with van der Waals surface area (Å²) in [4.78, 5) is 4.49. The number of fused-ring (bicyclic) bond motifs is 1. The largest absolute Gasteiger partial charge is 0.486 e. The lowest BCUT2D eigenvalue weighted by atomic mass is 10.1. The third kappa shape index (κ3) is 6.87. The number of para-hydroxylation sites is 2. The lowest BCUT2D eigenvalue weighted by molar-refractivity contribution is 0.0936. The number of nitrogens with one attached hydrogen (secondary N) is 2. The molecule has 0 amide bonds. The Kier molecular flexibility index (Phi) is 9.36. The van der Waals surface area contributed by atoms with Crippen molar-refractivity contribution >= 4 is 29.9 Å². The van der Waals surface area contributed by atoms with E-state index in [1.807, 2.05) is 61.5 Å². The molecular formula is C21H28IN3O3. The van der Waals surface area contributed by atoms with Crippen LogP contribution in [-0.4, -0.2) is 49.5 Å². The Labute approximate surface area is 183 Å². The monoisotopic (exact) mass is 497 g/mol. The van der Waals surface area contributed by atoms with E-state index in [1.165, 1.54) is 0 Å². The summed E-state index contributed by atoms with van der Waals surface area (Å²) >= 11 is 0. The lowest BCUT2D eigenvalue weighted by Gasteiger charge is -2.27. The Bertz CT molecular complexity index is 743. The van der Waals surface area contributed by atoms with Gasteiger partial charge < -0.3 is 25.2 Å². The second-order valence-corrected chi connectivity index (χ2v) is 6.44. The Morgan fingerprint density at radius 2 is 1.82 bits per heavy atom. The third-order valence-electron chi connectivity index (χ3n) is 4.18. The molecule has 7 heteroatoms. The minimum Gasteiger partial charge on any atom is -0.486 e. The van der Waals surface area contributed by atoms with Gasteiger partial charge in [0.05, 0.1) is 19.2 Å². The molecule has 6 nitrogen and oxygen atoms in total. The molecule has 1 aliphatic heterocycles. The van der Waals surface area contributed by atoms with E-state index in [4.69, 9.17) is 9.47 Å². The smallest absolute Gasteiger partial charge is 0.191 e. The molecule has 2 atom stereocenters. The fourth-order valence-electron chi connectivity index (χ4n) is 2.86. The van der Waals surface area contributed by atoms with Crippen LogP contribution >= 0.6 is 24.0 Å². The number of hydrogen-bond donors (Lipinski definition) is 3. The molecule has 3 N–H and O–H groups in total. The standard InChI is InChI=1S/C21H27N3O3.HI/c1-2-22-21(23-13-17(25)12-16-8-4-3-5-9-16)24-14-18-15-26-19-10-6-7-11-20(19)27-18;/h3-11,17-18,25H,2,12-15H2,1H3,(H2,22,23,24);1H. The fraction of sp³-hybridized carbons (Fsp3) is 0.381. The number of halogens is 1. The molecule has 3 rings (SSSR count). The first-order chi connectivity index (χ1) is 13.2. The van der Waals surface area contributed by atoms with E-state index >= 15 is 0 Å². The van der Waals surface area contributed by atoms with Gasteiger partial charge in [0.2, 0.25) is 0 Å². The first-order valence-electron chi connectivity index (χ1n) is 9.37. The number of rotatable bonds is 7. The van der Waals surface area contributed by atoms with Gasteiger partial charge in [0.25, 0.3) is 0 Å². The van der Waals surface area contributed by atoms with Crippen LogP contribution in [0.3, 0.4) is 0 Å². The molecule has 0 saturated heterocycles. The van der Waals surface area contributed by atoms with Crippen molar-refractivity contribution < 1.29 is 14.6 Å². The van der Waals surface area contributed by atoms with E-state index in [2.05, 4.69) is 15.6 Å². The zero-order valence-electron chi connectivity index (χ0n) is 16.0. The molecule has 0 bridgehead atoms. The quantitative estimate of drug-likeness (QED) is 0.312. The number of aliphatic imine (C=N–C) groups is 1. The van der Waals surface area contributed by atoms with Gasteiger partial charge in [-0.1, -0.05) is 42.5 Å². The zero-order chi connectivity index (χ0) is 18.9. The average Bonchev–Trinajstić information content (AvgIpc) is 2.70. The highest BCUT2D eigenvalue weighted by atomic mass is 127. The summed E-state index contributed by atoms with van der Waals surface area (Å²) in [6.45, 7) is 4.13. The summed E-state index contributed by atoms with van der Waals surface area (Å²) in [5.41, 5.74) is 1.10. The van der Waals surface area contributed by atoms with Crippen LogP contribution in [0.25, 0.3) is 0 Å². The minimum atomic E-state index is -0.524. The van der Waals surface area contributed by atoms with Gasteiger partial charge in [-0.3, -0.25) is 4.99 Å². The van der Waals surface area contributed by atoms with Crippen LogP contribution in [0.5, 0.6) is 11.5 Å². The van der Waals surface area contributed by atoms with Crippen molar-refractivity contribution in [3.05, 3.63) is 60.2 Å². The van der Waals surface area contributed by atoms with Gasteiger partial charge >= 0.3 is 0 Å². The number of aliphatic hydroxyl groups excluding tert-OH is 1. The summed E-state index contributed by atoms with van der Waals surface area (Å²) in [6.07, 6.45) is -0.0397. The maximum Gasteiger partial charge on any atom is 0.191 e. The van der Waals surface area contributed by atoms with Crippen LogP contribution in [0, 0.1) is 0 Å². The maximum atomic E-state index is 10.2. The highest BCUT2D eigenvalue weighted by Crippen LogP contribution is 2.30. The number of benzene rings is 2. The second kappa shape index (κ2) is 11.8. The van der Waals surface area contributed by atoms with Crippen molar-refractivity contribution in [2.75, 3.05) is 26.2 Å². The van der Waals surface area contributed by atoms with Crippen LogP contribution in [0.15, 0.2) is 59.6 Å². The van der Waals surface area contributed by atoms with Crippen molar-refractivity contribution in [1.82, 2.24) is 10.6 Å². The maximum absolute atomic E-state index is 10.2. The zero-order valence-corrected chi connectivity index (χ0v) is 18.3. The third-order valence-corrected chi connectivity index (χ3v) is 4.18. The molecule has 0 saturated carbocycles. The molecule has 28 heavy (non-hydrogen) atoms. The van der Waals surface area contributed by atoms with E-state index < -0.39 is 6.10 Å². The number of hydrogen-bond acceptors (Lipinski definition) is 4. The number of ether oxygens (including phenoxy) is 2. The molecule has 1 aliphatic rings. The van der Waals surface area contributed by atoms with E-state index in [0.717, 1.165) is 23.6 Å². The van der Waals surface area contributed by atoms with Crippen LogP contribution in [0.4, 0.5) is 0 Å². The molecule has 0 aromatic heterocycles. The molecule has 2 aromatic rings. The number of nitrogens with zero attached hydrogens (tertiary/aromatic N) is 1. The van der Waals surface area contributed by atoms with Gasteiger partial charge in [0.1, 0.15) is 12.7 Å². The number of aliphatic hydroxyl groups is 1. The first-order valence-corrected chi connectivity index (χ1v) is 9.37. The highest BCUT2D eigenvalue weighted by Gasteiger charge is 2.20. The summed E-state index contributed by atoms with van der Waals surface area (Å²) in [6, 6.07) is 17.6. The molecular weight excluding hydrogens is 469 g/mol. The van der Waals surface area contributed by atoms with Crippen LogP contribution < -0.4 is 20.1 Å². The van der Waals surface area contributed by atoms with Gasteiger partial charge in [-0.05, 0) is 24.6 Å². The van der Waals surface area contributed by atoms with Crippen molar-refractivity contribution in [2.45, 2.75) is 25.6 Å².